The minimum atomic E-state index is 0.222. The lowest BCUT2D eigenvalue weighted by atomic mass is 9.75. The summed E-state index contributed by atoms with van der Waals surface area (Å²) in [6, 6.07) is 0. The van der Waals surface area contributed by atoms with Crippen molar-refractivity contribution in [3.8, 4) is 0 Å². The van der Waals surface area contributed by atoms with Gasteiger partial charge in [-0.15, -0.1) is 0 Å². The molecule has 0 radical (unpaired) electrons. The third-order valence-corrected chi connectivity index (χ3v) is 4.25. The number of hydrazine groups is 1. The zero-order chi connectivity index (χ0) is 14.0. The Balaban J connectivity index is 2.17. The van der Waals surface area contributed by atoms with E-state index in [1.807, 2.05) is 7.05 Å². The topological polar surface area (TPSA) is 70.3 Å². The lowest BCUT2D eigenvalue weighted by Crippen LogP contribution is -2.56. The van der Waals surface area contributed by atoms with Gasteiger partial charge in [-0.05, 0) is 33.4 Å². The molecule has 0 aromatic carbocycles. The molecule has 1 aliphatic carbocycles. The van der Waals surface area contributed by atoms with Gasteiger partial charge in [-0.2, -0.15) is 4.98 Å². The van der Waals surface area contributed by atoms with Crippen LogP contribution in [-0.4, -0.2) is 48.1 Å². The van der Waals surface area contributed by atoms with Crippen LogP contribution in [0.3, 0.4) is 0 Å². The second-order valence-electron chi connectivity index (χ2n) is 5.34. The van der Waals surface area contributed by atoms with Crippen LogP contribution >= 0.6 is 11.6 Å². The van der Waals surface area contributed by atoms with Crippen molar-refractivity contribution in [3.63, 3.8) is 0 Å². The lowest BCUT2D eigenvalue weighted by Gasteiger charge is -2.49. The number of rotatable bonds is 5. The average Bonchev–Trinajstić information content (AvgIpc) is 2.33. The molecule has 0 spiro atoms. The highest BCUT2D eigenvalue weighted by Crippen LogP contribution is 2.38. The number of nitrogens with zero attached hydrogens (tertiary/aromatic N) is 4. The molecular weight excluding hydrogens is 264 g/mol. The maximum atomic E-state index is 6.17. The van der Waals surface area contributed by atoms with Gasteiger partial charge in [-0.3, -0.25) is 5.43 Å². The summed E-state index contributed by atoms with van der Waals surface area (Å²) in [5.41, 5.74) is 2.67. The van der Waals surface area contributed by atoms with Crippen LogP contribution in [0.15, 0.2) is 6.20 Å². The van der Waals surface area contributed by atoms with Gasteiger partial charge in [0.05, 0.1) is 6.20 Å². The van der Waals surface area contributed by atoms with E-state index in [0.29, 0.717) is 16.8 Å². The predicted octanol–water partition coefficient (Wildman–Crippen LogP) is 1.34. The number of nitrogen functional groups attached to an aromatic ring is 1. The summed E-state index contributed by atoms with van der Waals surface area (Å²) in [6.45, 7) is 0.890. The fraction of sp³-hybridized carbons (Fsp3) is 0.667. The van der Waals surface area contributed by atoms with Crippen LogP contribution < -0.4 is 16.2 Å². The third kappa shape index (κ3) is 2.75. The first-order valence-electron chi connectivity index (χ1n) is 6.36. The monoisotopic (exact) mass is 284 g/mol. The summed E-state index contributed by atoms with van der Waals surface area (Å²) < 4.78 is 0. The number of anilines is 2. The van der Waals surface area contributed by atoms with Crippen LogP contribution in [0.2, 0.25) is 5.02 Å². The highest BCUT2D eigenvalue weighted by molar-refractivity contribution is 6.32. The molecule has 7 heteroatoms. The number of hydrogen-bond donors (Lipinski definition) is 2. The van der Waals surface area contributed by atoms with Crippen molar-refractivity contribution in [2.24, 2.45) is 5.84 Å². The smallest absolute Gasteiger partial charge is 0.239 e. The van der Waals surface area contributed by atoms with Crippen molar-refractivity contribution in [2.45, 2.75) is 24.8 Å². The molecule has 3 N–H and O–H groups in total. The summed E-state index contributed by atoms with van der Waals surface area (Å²) >= 11 is 6.17. The predicted molar refractivity (Wildman–Crippen MR) is 78.4 cm³/mol. The number of nitrogens with one attached hydrogen (secondary N) is 1. The lowest BCUT2D eigenvalue weighted by molar-refractivity contribution is 0.0682. The second kappa shape index (κ2) is 5.48. The van der Waals surface area contributed by atoms with Crippen molar-refractivity contribution in [3.05, 3.63) is 11.2 Å². The van der Waals surface area contributed by atoms with Crippen molar-refractivity contribution < 1.29 is 0 Å². The van der Waals surface area contributed by atoms with E-state index < -0.39 is 0 Å². The van der Waals surface area contributed by atoms with E-state index in [4.69, 9.17) is 17.4 Å². The van der Waals surface area contributed by atoms with Gasteiger partial charge in [0.2, 0.25) is 5.95 Å². The van der Waals surface area contributed by atoms with Gasteiger partial charge in [0.25, 0.3) is 0 Å². The standard InChI is InChI=1S/C12H21ClN6/c1-18(2)12(5-4-6-12)8-19(3)10-9(13)7-15-11(16-10)17-14/h7H,4-6,8,14H2,1-3H3,(H,15,16,17). The Kier molecular flexibility index (Phi) is 4.13. The van der Waals surface area contributed by atoms with Gasteiger partial charge >= 0.3 is 0 Å². The summed E-state index contributed by atoms with van der Waals surface area (Å²) in [5, 5.41) is 0.537. The average molecular weight is 285 g/mol. The molecule has 2 rings (SSSR count). The first-order valence-corrected chi connectivity index (χ1v) is 6.74. The van der Waals surface area contributed by atoms with E-state index in [1.54, 1.807) is 6.20 Å². The summed E-state index contributed by atoms with van der Waals surface area (Å²) in [4.78, 5) is 12.7. The summed E-state index contributed by atoms with van der Waals surface area (Å²) in [6.07, 6.45) is 5.25. The number of aromatic nitrogens is 2. The largest absolute Gasteiger partial charge is 0.356 e. The molecule has 1 aromatic heterocycles. The van der Waals surface area contributed by atoms with Crippen LogP contribution in [0.25, 0.3) is 0 Å². The minimum Gasteiger partial charge on any atom is -0.356 e. The Morgan fingerprint density at radius 2 is 2.11 bits per heavy atom. The molecule has 0 atom stereocenters. The Labute approximate surface area is 118 Å². The number of nitrogens with two attached hydrogens (primary N) is 1. The van der Waals surface area contributed by atoms with E-state index in [9.17, 15) is 0 Å². The highest BCUT2D eigenvalue weighted by atomic mass is 35.5. The van der Waals surface area contributed by atoms with E-state index in [2.05, 4.69) is 39.3 Å². The molecular formula is C12H21ClN6. The van der Waals surface area contributed by atoms with E-state index >= 15 is 0 Å². The highest BCUT2D eigenvalue weighted by Gasteiger charge is 2.40. The SMILES string of the molecule is CN(CC1(N(C)C)CCC1)c1nc(NN)ncc1Cl. The van der Waals surface area contributed by atoms with Crippen molar-refractivity contribution in [1.82, 2.24) is 14.9 Å². The first kappa shape index (κ1) is 14.3. The van der Waals surface area contributed by atoms with Crippen molar-refractivity contribution in [2.75, 3.05) is 38.0 Å². The maximum absolute atomic E-state index is 6.17. The van der Waals surface area contributed by atoms with Gasteiger partial charge in [-0.1, -0.05) is 11.6 Å². The molecule has 1 aromatic rings. The van der Waals surface area contributed by atoms with Crippen LogP contribution in [0.1, 0.15) is 19.3 Å². The van der Waals surface area contributed by atoms with Gasteiger partial charge in [0.1, 0.15) is 5.02 Å². The number of likely N-dealkylation sites (N-methyl/N-ethyl adjacent to an activating group) is 2. The van der Waals surface area contributed by atoms with Gasteiger partial charge in [-0.25, -0.2) is 10.8 Å². The molecule has 1 saturated carbocycles. The fourth-order valence-electron chi connectivity index (χ4n) is 2.54. The molecule has 6 nitrogen and oxygen atoms in total. The fourth-order valence-corrected chi connectivity index (χ4v) is 2.78. The molecule has 0 saturated heterocycles. The number of halogens is 1. The van der Waals surface area contributed by atoms with Gasteiger partial charge in [0, 0.05) is 19.1 Å². The second-order valence-corrected chi connectivity index (χ2v) is 5.75. The quantitative estimate of drug-likeness (QED) is 0.628. The summed E-state index contributed by atoms with van der Waals surface area (Å²) in [7, 11) is 6.25. The Morgan fingerprint density at radius 3 is 2.58 bits per heavy atom. The van der Waals surface area contributed by atoms with E-state index in [1.165, 1.54) is 19.3 Å². The van der Waals surface area contributed by atoms with Crippen molar-refractivity contribution >= 4 is 23.4 Å². The van der Waals surface area contributed by atoms with Gasteiger partial charge in [0.15, 0.2) is 5.82 Å². The molecule has 106 valence electrons. The molecule has 19 heavy (non-hydrogen) atoms. The maximum Gasteiger partial charge on any atom is 0.239 e. The molecule has 1 heterocycles. The van der Waals surface area contributed by atoms with Crippen molar-refractivity contribution in [1.29, 1.82) is 0 Å². The minimum absolute atomic E-state index is 0.222. The Hall–Kier alpha value is -1.11. The molecule has 0 unspecified atom stereocenters. The van der Waals surface area contributed by atoms with E-state index in [0.717, 1.165) is 6.54 Å². The summed E-state index contributed by atoms with van der Waals surface area (Å²) in [5.74, 6) is 6.42. The zero-order valence-electron chi connectivity index (χ0n) is 11.6. The molecule has 0 amide bonds. The van der Waals surface area contributed by atoms with Gasteiger partial charge < -0.3 is 9.80 Å². The van der Waals surface area contributed by atoms with Crippen LogP contribution in [-0.2, 0) is 0 Å². The van der Waals surface area contributed by atoms with Crippen LogP contribution in [0.4, 0.5) is 11.8 Å². The third-order valence-electron chi connectivity index (χ3n) is 3.98. The van der Waals surface area contributed by atoms with E-state index in [-0.39, 0.29) is 5.54 Å². The first-order chi connectivity index (χ1) is 8.98. The molecule has 1 fully saturated rings. The number of hydrogen-bond acceptors (Lipinski definition) is 6. The van der Waals surface area contributed by atoms with Crippen LogP contribution in [0, 0.1) is 0 Å². The zero-order valence-corrected chi connectivity index (χ0v) is 12.4. The van der Waals surface area contributed by atoms with Crippen LogP contribution in [0.5, 0.6) is 0 Å². The molecule has 0 aliphatic heterocycles. The molecule has 0 bridgehead atoms. The normalized spacial score (nSPS) is 17.2. The Bertz CT molecular complexity index is 446. The molecule has 1 aliphatic rings. The Morgan fingerprint density at radius 1 is 1.42 bits per heavy atom.